The van der Waals surface area contributed by atoms with Crippen molar-refractivity contribution in [2.24, 2.45) is 0 Å². The summed E-state index contributed by atoms with van der Waals surface area (Å²) in [4.78, 5) is 26.6. The largest absolute Gasteiger partial charge is 0.384 e. The van der Waals surface area contributed by atoms with Gasteiger partial charge in [0, 0.05) is 99.6 Å². The van der Waals surface area contributed by atoms with Crippen LogP contribution in [0.25, 0.3) is 54.6 Å². The number of nitrogens with one attached hydrogen (secondary N) is 7. The van der Waals surface area contributed by atoms with Crippen molar-refractivity contribution in [3.05, 3.63) is 219 Å². The van der Waals surface area contributed by atoms with Crippen molar-refractivity contribution >= 4 is 60.3 Å². The number of anilines is 1. The van der Waals surface area contributed by atoms with Crippen LogP contribution in [0.2, 0.25) is 0 Å². The van der Waals surface area contributed by atoms with Gasteiger partial charge in [-0.05, 0) is 115 Å². The number of nitrogens with zero attached hydrogens (tertiary/aromatic N) is 5. The summed E-state index contributed by atoms with van der Waals surface area (Å²) in [5.74, 6) is 0. The lowest BCUT2D eigenvalue weighted by atomic mass is 10.2. The minimum Gasteiger partial charge on any atom is -0.384 e. The monoisotopic (exact) mass is 1090 g/mol. The van der Waals surface area contributed by atoms with Gasteiger partial charge >= 0.3 is 0 Å². The van der Waals surface area contributed by atoms with E-state index in [1.165, 1.54) is 77.1 Å². The molecule has 6 aromatic carbocycles. The first-order chi connectivity index (χ1) is 40.3. The molecule has 11 aromatic rings. The number of fused-ring (bicyclic) bond motifs is 6. The van der Waals surface area contributed by atoms with Crippen molar-refractivity contribution in [2.75, 3.05) is 104 Å². The molecule has 81 heavy (non-hydrogen) atoms. The van der Waals surface area contributed by atoms with Crippen molar-refractivity contribution in [1.82, 2.24) is 56.2 Å². The summed E-state index contributed by atoms with van der Waals surface area (Å²) in [6.07, 6.45) is 17.9. The Bertz CT molecular complexity index is 2730. The molecule has 0 radical (unpaired) electrons. The quantitative estimate of drug-likeness (QED) is 0.0762. The number of piperidine rings is 1. The second kappa shape index (κ2) is 38.6. The fourth-order valence-corrected chi connectivity index (χ4v) is 8.43. The van der Waals surface area contributed by atoms with E-state index in [0.717, 1.165) is 113 Å². The molecule has 16 rings (SSSR count). The van der Waals surface area contributed by atoms with Gasteiger partial charge in [0.2, 0.25) is 0 Å². The van der Waals surface area contributed by atoms with Crippen LogP contribution in [0.15, 0.2) is 213 Å². The molecule has 15 heteroatoms. The minimum atomic E-state index is 0.778. The Kier molecular flexibility index (Phi) is 28.9. The van der Waals surface area contributed by atoms with E-state index >= 15 is 0 Å². The first-order valence-electron chi connectivity index (χ1n) is 28.3. The molecular weight excluding hydrogens is 1010 g/mol. The lowest BCUT2D eigenvalue weighted by Crippen LogP contribution is -2.39. The van der Waals surface area contributed by atoms with Gasteiger partial charge in [-0.15, -0.1) is 0 Å². The van der Waals surface area contributed by atoms with Crippen molar-refractivity contribution in [2.45, 2.75) is 25.7 Å². The van der Waals surface area contributed by atoms with Crippen LogP contribution in [0.4, 0.5) is 5.69 Å². The Labute approximate surface area is 477 Å². The highest BCUT2D eigenvalue weighted by Gasteiger charge is 2.06. The lowest BCUT2D eigenvalue weighted by molar-refractivity contribution is -0.0334. The van der Waals surface area contributed by atoms with Crippen LogP contribution in [0.1, 0.15) is 24.8 Å². The summed E-state index contributed by atoms with van der Waals surface area (Å²) in [6.45, 7) is 15.1. The minimum absolute atomic E-state index is 0.778. The van der Waals surface area contributed by atoms with Crippen molar-refractivity contribution in [3.63, 3.8) is 0 Å². The van der Waals surface area contributed by atoms with Gasteiger partial charge < -0.3 is 50.8 Å². The molecule has 5 aliphatic heterocycles. The number of hydrogen-bond donors (Lipinski definition) is 7. The van der Waals surface area contributed by atoms with Crippen molar-refractivity contribution < 1.29 is 14.2 Å². The SMILES string of the molecule is C1CCNCC1.C1CNCCN1.C1COCCN1.C1COCCO1.c1ccc2[nH]ccc2c1.c1ccc2[nH]cnc2c1.c1ccc2c(c1)CCN2.c1ccc2cnccc2c1.c1ccc2ncccc2c1.c1ccc2nccnc2c1. The highest BCUT2D eigenvalue weighted by molar-refractivity contribution is 5.81. The number of imidazole rings is 1. The zero-order chi connectivity index (χ0) is 55.7. The Morgan fingerprint density at radius 2 is 0.864 bits per heavy atom. The first kappa shape index (κ1) is 60.6. The summed E-state index contributed by atoms with van der Waals surface area (Å²) in [7, 11) is 0. The third kappa shape index (κ3) is 24.1. The fourth-order valence-electron chi connectivity index (χ4n) is 8.43. The third-order valence-electron chi connectivity index (χ3n) is 12.7. The molecule has 5 aliphatic rings. The summed E-state index contributed by atoms with van der Waals surface area (Å²) in [5, 5.41) is 21.1. The standard InChI is InChI=1S/2C9H7N.C8H6N2.C8H9N.C8H7N.C7H6N2.C5H11N.C4H10N2.C4H9NO.C4H8O2/c1-2-6-9-8(4-1)5-3-7-10-9;1-2-4-9-7-10-6-5-8(9)3-1;1-2-4-8-7(3-1)9-5-6-10-8;2*1-2-4-8-7(3-1)5-6-9-8;1-2-4-7-6(3-1)8-5-9-7;1-2-4-6-5-3-1;1-2-6-4-3-5-1;1-3-6-4-2-5-1;1-2-6-4-3-5-1/h2*1-7H;1-6H;1-4,9H,5-6H2;1-6,9H;1-5H,(H,8,9);6H,1-5H2;5-6H,1-4H2;5H,1-4H2;1-4H2. The van der Waals surface area contributed by atoms with Crippen LogP contribution < -0.4 is 26.6 Å². The van der Waals surface area contributed by atoms with Gasteiger partial charge in [-0.2, -0.15) is 0 Å². The van der Waals surface area contributed by atoms with E-state index in [4.69, 9.17) is 14.2 Å². The van der Waals surface area contributed by atoms with Crippen LogP contribution in [-0.4, -0.2) is 133 Å². The molecule has 0 unspecified atom stereocenters. The third-order valence-corrected chi connectivity index (χ3v) is 12.7. The second-order valence-electron chi connectivity index (χ2n) is 18.7. The van der Waals surface area contributed by atoms with E-state index in [0.29, 0.717) is 0 Å². The number of hydrogen-bond acceptors (Lipinski definition) is 13. The van der Waals surface area contributed by atoms with Crippen molar-refractivity contribution in [3.8, 4) is 0 Å². The zero-order valence-electron chi connectivity index (χ0n) is 46.6. The number of aromatic amines is 2. The number of benzene rings is 6. The van der Waals surface area contributed by atoms with Crippen LogP contribution in [0.5, 0.6) is 0 Å². The first-order valence-corrected chi connectivity index (χ1v) is 28.3. The van der Waals surface area contributed by atoms with E-state index in [-0.39, 0.29) is 0 Å². The molecule has 4 saturated heterocycles. The Balaban J connectivity index is 0.000000131. The van der Waals surface area contributed by atoms with Gasteiger partial charge in [0.1, 0.15) is 0 Å². The second-order valence-corrected chi connectivity index (χ2v) is 18.7. The molecule has 0 spiro atoms. The van der Waals surface area contributed by atoms with Gasteiger partial charge in [-0.1, -0.05) is 116 Å². The van der Waals surface area contributed by atoms with Crippen LogP contribution in [0.3, 0.4) is 0 Å². The van der Waals surface area contributed by atoms with E-state index in [1.54, 1.807) is 18.7 Å². The van der Waals surface area contributed by atoms with E-state index in [1.807, 2.05) is 128 Å². The van der Waals surface area contributed by atoms with Gasteiger partial charge in [0.15, 0.2) is 0 Å². The molecule has 10 heterocycles. The average Bonchev–Trinajstić information content (AvgIpc) is 4.40. The maximum Gasteiger partial charge on any atom is 0.0931 e. The van der Waals surface area contributed by atoms with Crippen LogP contribution in [0, 0.1) is 0 Å². The molecular formula is C66H80N12O3. The molecule has 0 amide bonds. The summed E-state index contributed by atoms with van der Waals surface area (Å²) in [5.41, 5.74) is 9.06. The van der Waals surface area contributed by atoms with Crippen LogP contribution >= 0.6 is 0 Å². The summed E-state index contributed by atoms with van der Waals surface area (Å²) >= 11 is 0. The predicted octanol–water partition coefficient (Wildman–Crippen LogP) is 11.1. The molecule has 15 nitrogen and oxygen atoms in total. The van der Waals surface area contributed by atoms with E-state index < -0.39 is 0 Å². The highest BCUT2D eigenvalue weighted by Crippen LogP contribution is 2.20. The van der Waals surface area contributed by atoms with Gasteiger partial charge in [-0.25, -0.2) is 4.98 Å². The maximum atomic E-state index is 5.01. The Morgan fingerprint density at radius 3 is 1.42 bits per heavy atom. The molecule has 7 N–H and O–H groups in total. The smallest absolute Gasteiger partial charge is 0.0931 e. The predicted molar refractivity (Wildman–Crippen MR) is 334 cm³/mol. The maximum absolute atomic E-state index is 5.01. The highest BCUT2D eigenvalue weighted by atomic mass is 16.6. The molecule has 0 atom stereocenters. The molecule has 0 bridgehead atoms. The van der Waals surface area contributed by atoms with E-state index in [2.05, 4.69) is 128 Å². The van der Waals surface area contributed by atoms with Gasteiger partial charge in [0.25, 0.3) is 0 Å². The number of para-hydroxylation sites is 7. The normalized spacial score (nSPS) is 14.7. The topological polar surface area (TPSA) is 184 Å². The number of morpholine rings is 1. The number of rotatable bonds is 0. The summed E-state index contributed by atoms with van der Waals surface area (Å²) in [6, 6.07) is 56.8. The Morgan fingerprint density at radius 1 is 0.333 bits per heavy atom. The number of aromatic nitrogens is 7. The lowest BCUT2D eigenvalue weighted by Gasteiger charge is -2.11. The average molecular weight is 1090 g/mol. The van der Waals surface area contributed by atoms with Crippen LogP contribution in [-0.2, 0) is 20.6 Å². The molecule has 0 saturated carbocycles. The summed E-state index contributed by atoms with van der Waals surface area (Å²) < 4.78 is 14.9. The number of H-pyrrole nitrogens is 2. The zero-order valence-corrected chi connectivity index (χ0v) is 46.6. The van der Waals surface area contributed by atoms with E-state index in [9.17, 15) is 0 Å². The molecule has 422 valence electrons. The molecule has 4 fully saturated rings. The Hall–Kier alpha value is -7.99. The number of ether oxygens (including phenoxy) is 3. The van der Waals surface area contributed by atoms with Gasteiger partial charge in [-0.3, -0.25) is 19.9 Å². The molecule has 0 aliphatic carbocycles. The fraction of sp³-hybridized carbons (Fsp3) is 0.288. The molecule has 5 aromatic heterocycles. The number of pyridine rings is 2. The number of piperazine rings is 1. The van der Waals surface area contributed by atoms with Crippen molar-refractivity contribution in [1.29, 1.82) is 0 Å². The van der Waals surface area contributed by atoms with Gasteiger partial charge in [0.05, 0.1) is 73.6 Å².